The molecular weight excluding hydrogens is 250 g/mol. The summed E-state index contributed by atoms with van der Waals surface area (Å²) in [6.45, 7) is 3.63. The van der Waals surface area contributed by atoms with Crippen molar-refractivity contribution in [2.75, 3.05) is 18.0 Å². The van der Waals surface area contributed by atoms with Gasteiger partial charge in [0.05, 0.1) is 12.7 Å². The molecule has 2 rings (SSSR count). The summed E-state index contributed by atoms with van der Waals surface area (Å²) in [4.78, 5) is 2.25. The molecule has 1 aliphatic rings. The van der Waals surface area contributed by atoms with Gasteiger partial charge in [-0.15, -0.1) is 0 Å². The zero-order chi connectivity index (χ0) is 13.1. The van der Waals surface area contributed by atoms with E-state index in [0.717, 1.165) is 37.2 Å². The first-order valence-electron chi connectivity index (χ1n) is 6.44. The molecule has 1 aromatic rings. The number of piperidine rings is 1. The van der Waals surface area contributed by atoms with Crippen molar-refractivity contribution in [3.63, 3.8) is 0 Å². The molecule has 0 spiro atoms. The quantitative estimate of drug-likeness (QED) is 0.886. The maximum atomic E-state index is 9.60. The Kier molecular flexibility index (Phi) is 4.49. The summed E-state index contributed by atoms with van der Waals surface area (Å²) in [6, 6.07) is 5.72. The molecule has 4 heteroatoms. The predicted molar refractivity (Wildman–Crippen MR) is 74.0 cm³/mol. The Labute approximate surface area is 113 Å². The lowest BCUT2D eigenvalue weighted by molar-refractivity contribution is 0.110. The first-order chi connectivity index (χ1) is 8.63. The molecule has 0 aliphatic carbocycles. The van der Waals surface area contributed by atoms with Crippen molar-refractivity contribution < 1.29 is 10.2 Å². The highest BCUT2D eigenvalue weighted by molar-refractivity contribution is 6.31. The Balaban J connectivity index is 2.12. The average molecular weight is 270 g/mol. The van der Waals surface area contributed by atoms with Crippen LogP contribution in [0, 0.1) is 5.92 Å². The van der Waals surface area contributed by atoms with Crippen LogP contribution in [0.25, 0.3) is 0 Å². The van der Waals surface area contributed by atoms with Gasteiger partial charge < -0.3 is 15.1 Å². The van der Waals surface area contributed by atoms with Gasteiger partial charge in [-0.25, -0.2) is 0 Å². The summed E-state index contributed by atoms with van der Waals surface area (Å²) in [5.41, 5.74) is 1.82. The number of aliphatic hydroxyl groups excluding tert-OH is 2. The molecule has 3 nitrogen and oxygen atoms in total. The van der Waals surface area contributed by atoms with Crippen LogP contribution in [-0.2, 0) is 6.61 Å². The Morgan fingerprint density at radius 2 is 2.06 bits per heavy atom. The van der Waals surface area contributed by atoms with Gasteiger partial charge in [0.2, 0.25) is 0 Å². The Morgan fingerprint density at radius 3 is 2.61 bits per heavy atom. The largest absolute Gasteiger partial charge is 0.393 e. The minimum Gasteiger partial charge on any atom is -0.393 e. The fourth-order valence-electron chi connectivity index (χ4n) is 2.62. The van der Waals surface area contributed by atoms with E-state index in [2.05, 4.69) is 4.90 Å². The number of halogens is 1. The van der Waals surface area contributed by atoms with E-state index in [0.29, 0.717) is 10.9 Å². The molecule has 2 N–H and O–H groups in total. The van der Waals surface area contributed by atoms with E-state index >= 15 is 0 Å². The Hall–Kier alpha value is -0.770. The van der Waals surface area contributed by atoms with Gasteiger partial charge in [0, 0.05) is 29.4 Å². The van der Waals surface area contributed by atoms with Gasteiger partial charge in [0.15, 0.2) is 0 Å². The number of aliphatic hydroxyl groups is 2. The molecule has 0 amide bonds. The molecule has 1 unspecified atom stereocenters. The fourth-order valence-corrected chi connectivity index (χ4v) is 2.85. The standard InChI is InChI=1S/C14H20ClNO2/c1-10(18)11-5-7-16(8-6-11)14-4-2-3-13(15)12(14)9-17/h2-4,10-11,17-18H,5-9H2,1H3. The Bertz CT molecular complexity index is 401. The van der Waals surface area contributed by atoms with Crippen molar-refractivity contribution in [1.82, 2.24) is 0 Å². The summed E-state index contributed by atoms with van der Waals surface area (Å²) in [6.07, 6.45) is 1.73. The van der Waals surface area contributed by atoms with Gasteiger partial charge in [-0.1, -0.05) is 17.7 Å². The van der Waals surface area contributed by atoms with Crippen LogP contribution in [0.5, 0.6) is 0 Å². The minimum atomic E-state index is -0.233. The van der Waals surface area contributed by atoms with Crippen LogP contribution in [0.2, 0.25) is 5.02 Å². The molecule has 1 fully saturated rings. The number of nitrogens with zero attached hydrogens (tertiary/aromatic N) is 1. The lowest BCUT2D eigenvalue weighted by Crippen LogP contribution is -2.37. The van der Waals surface area contributed by atoms with Crippen LogP contribution < -0.4 is 4.90 Å². The normalized spacial score (nSPS) is 19.0. The summed E-state index contributed by atoms with van der Waals surface area (Å²) in [5.74, 6) is 0.387. The molecule has 1 atom stereocenters. The van der Waals surface area contributed by atoms with E-state index in [-0.39, 0.29) is 12.7 Å². The smallest absolute Gasteiger partial charge is 0.0716 e. The zero-order valence-electron chi connectivity index (χ0n) is 10.6. The lowest BCUT2D eigenvalue weighted by atomic mass is 9.91. The average Bonchev–Trinajstić information content (AvgIpc) is 2.38. The van der Waals surface area contributed by atoms with Crippen LogP contribution in [0.3, 0.4) is 0 Å². The number of anilines is 1. The molecule has 1 aromatic carbocycles. The second-order valence-corrected chi connectivity index (χ2v) is 5.37. The number of rotatable bonds is 3. The van der Waals surface area contributed by atoms with E-state index in [1.807, 2.05) is 19.1 Å². The summed E-state index contributed by atoms with van der Waals surface area (Å²) >= 11 is 6.10. The monoisotopic (exact) mass is 269 g/mol. The molecular formula is C14H20ClNO2. The van der Waals surface area contributed by atoms with Crippen LogP contribution in [-0.4, -0.2) is 29.4 Å². The summed E-state index contributed by atoms with van der Waals surface area (Å²) in [5, 5.41) is 19.6. The molecule has 1 saturated heterocycles. The van der Waals surface area contributed by atoms with Crippen LogP contribution in [0.1, 0.15) is 25.3 Å². The third-order valence-corrected chi connectivity index (χ3v) is 4.17. The third-order valence-electron chi connectivity index (χ3n) is 3.81. The number of benzene rings is 1. The SMILES string of the molecule is CC(O)C1CCN(c2cccc(Cl)c2CO)CC1. The molecule has 0 saturated carbocycles. The van der Waals surface area contributed by atoms with Crippen molar-refractivity contribution in [1.29, 1.82) is 0 Å². The van der Waals surface area contributed by atoms with Crippen molar-refractivity contribution in [3.05, 3.63) is 28.8 Å². The predicted octanol–water partition coefficient (Wildman–Crippen LogP) is 2.43. The number of hydrogen-bond donors (Lipinski definition) is 2. The molecule has 100 valence electrons. The van der Waals surface area contributed by atoms with Crippen LogP contribution >= 0.6 is 11.6 Å². The molecule has 0 bridgehead atoms. The van der Waals surface area contributed by atoms with Crippen molar-refractivity contribution in [2.24, 2.45) is 5.92 Å². The second-order valence-electron chi connectivity index (χ2n) is 4.96. The molecule has 0 radical (unpaired) electrons. The molecule has 1 heterocycles. The maximum Gasteiger partial charge on any atom is 0.0716 e. The van der Waals surface area contributed by atoms with E-state index < -0.39 is 0 Å². The minimum absolute atomic E-state index is 0.0364. The zero-order valence-corrected chi connectivity index (χ0v) is 11.4. The molecule has 0 aromatic heterocycles. The van der Waals surface area contributed by atoms with Crippen molar-refractivity contribution in [2.45, 2.75) is 32.5 Å². The van der Waals surface area contributed by atoms with Crippen LogP contribution in [0.15, 0.2) is 18.2 Å². The van der Waals surface area contributed by atoms with Gasteiger partial charge in [0.25, 0.3) is 0 Å². The summed E-state index contributed by atoms with van der Waals surface area (Å²) in [7, 11) is 0. The fraction of sp³-hybridized carbons (Fsp3) is 0.571. The first-order valence-corrected chi connectivity index (χ1v) is 6.82. The second kappa shape index (κ2) is 5.91. The lowest BCUT2D eigenvalue weighted by Gasteiger charge is -2.35. The first kappa shape index (κ1) is 13.7. The van der Waals surface area contributed by atoms with Gasteiger partial charge in [0.1, 0.15) is 0 Å². The van der Waals surface area contributed by atoms with Crippen LogP contribution in [0.4, 0.5) is 5.69 Å². The van der Waals surface area contributed by atoms with E-state index in [1.165, 1.54) is 0 Å². The topological polar surface area (TPSA) is 43.7 Å². The number of hydrogen-bond acceptors (Lipinski definition) is 3. The van der Waals surface area contributed by atoms with E-state index in [4.69, 9.17) is 11.6 Å². The van der Waals surface area contributed by atoms with Gasteiger partial charge in [-0.2, -0.15) is 0 Å². The van der Waals surface area contributed by atoms with Gasteiger partial charge in [-0.05, 0) is 37.8 Å². The highest BCUT2D eigenvalue weighted by Crippen LogP contribution is 2.31. The molecule has 18 heavy (non-hydrogen) atoms. The van der Waals surface area contributed by atoms with Gasteiger partial charge >= 0.3 is 0 Å². The summed E-state index contributed by atoms with van der Waals surface area (Å²) < 4.78 is 0. The van der Waals surface area contributed by atoms with Crippen molar-refractivity contribution >= 4 is 17.3 Å². The van der Waals surface area contributed by atoms with E-state index in [1.54, 1.807) is 6.07 Å². The molecule has 1 aliphatic heterocycles. The highest BCUT2D eigenvalue weighted by Gasteiger charge is 2.24. The maximum absolute atomic E-state index is 9.60. The third kappa shape index (κ3) is 2.79. The van der Waals surface area contributed by atoms with E-state index in [9.17, 15) is 10.2 Å². The van der Waals surface area contributed by atoms with Gasteiger partial charge in [-0.3, -0.25) is 0 Å². The van der Waals surface area contributed by atoms with Crippen molar-refractivity contribution in [3.8, 4) is 0 Å². The Morgan fingerprint density at radius 1 is 1.39 bits per heavy atom. The highest BCUT2D eigenvalue weighted by atomic mass is 35.5.